The molecule has 0 bridgehead atoms. The van der Waals surface area contributed by atoms with E-state index in [1.54, 1.807) is 18.5 Å². The first-order valence-electron chi connectivity index (χ1n) is 7.40. The van der Waals surface area contributed by atoms with Gasteiger partial charge < -0.3 is 10.1 Å². The van der Waals surface area contributed by atoms with Crippen LogP contribution in [0.25, 0.3) is 0 Å². The normalized spacial score (nSPS) is 10.6. The minimum absolute atomic E-state index is 0.399. The molecule has 1 N–H and O–H groups in total. The highest BCUT2D eigenvalue weighted by Gasteiger charge is 2.07. The SMILES string of the molecule is CCCNCc1cc(C)c(OCc2ncccn2)c(C)c1. The van der Waals surface area contributed by atoms with Gasteiger partial charge in [-0.25, -0.2) is 9.97 Å². The van der Waals surface area contributed by atoms with Gasteiger partial charge in [-0.2, -0.15) is 0 Å². The molecular formula is C17H23N3O. The first kappa shape index (κ1) is 15.4. The van der Waals surface area contributed by atoms with Gasteiger partial charge in [0, 0.05) is 18.9 Å². The van der Waals surface area contributed by atoms with E-state index >= 15 is 0 Å². The van der Waals surface area contributed by atoms with Crippen molar-refractivity contribution in [3.8, 4) is 5.75 Å². The number of benzene rings is 1. The summed E-state index contributed by atoms with van der Waals surface area (Å²) >= 11 is 0. The van der Waals surface area contributed by atoms with Gasteiger partial charge in [-0.3, -0.25) is 0 Å². The van der Waals surface area contributed by atoms with Gasteiger partial charge in [-0.15, -0.1) is 0 Å². The van der Waals surface area contributed by atoms with Crippen molar-refractivity contribution in [1.82, 2.24) is 15.3 Å². The number of hydrogen-bond donors (Lipinski definition) is 1. The summed E-state index contributed by atoms with van der Waals surface area (Å²) in [4.78, 5) is 8.35. The third kappa shape index (κ3) is 4.53. The Morgan fingerprint density at radius 3 is 2.38 bits per heavy atom. The van der Waals surface area contributed by atoms with E-state index in [9.17, 15) is 0 Å². The van der Waals surface area contributed by atoms with Crippen molar-refractivity contribution in [1.29, 1.82) is 0 Å². The number of aromatic nitrogens is 2. The van der Waals surface area contributed by atoms with Crippen molar-refractivity contribution in [3.63, 3.8) is 0 Å². The van der Waals surface area contributed by atoms with Crippen LogP contribution < -0.4 is 10.1 Å². The molecule has 0 fully saturated rings. The standard InChI is InChI=1S/C17H23N3O/c1-4-6-18-11-15-9-13(2)17(14(3)10-15)21-12-16-19-7-5-8-20-16/h5,7-10,18H,4,6,11-12H2,1-3H3. The first-order valence-corrected chi connectivity index (χ1v) is 7.40. The molecule has 0 spiro atoms. The molecule has 1 heterocycles. The minimum Gasteiger partial charge on any atom is -0.485 e. The molecule has 0 saturated carbocycles. The predicted octanol–water partition coefficient (Wildman–Crippen LogP) is 3.17. The summed E-state index contributed by atoms with van der Waals surface area (Å²) in [5, 5.41) is 3.42. The summed E-state index contributed by atoms with van der Waals surface area (Å²) in [6.45, 7) is 8.68. The van der Waals surface area contributed by atoms with E-state index in [4.69, 9.17) is 4.74 Å². The second-order valence-electron chi connectivity index (χ2n) is 5.19. The van der Waals surface area contributed by atoms with Crippen LogP contribution in [0, 0.1) is 13.8 Å². The van der Waals surface area contributed by atoms with Crippen molar-refractivity contribution in [2.45, 2.75) is 40.3 Å². The van der Waals surface area contributed by atoms with Crippen molar-refractivity contribution in [2.75, 3.05) is 6.54 Å². The second-order valence-corrected chi connectivity index (χ2v) is 5.19. The van der Waals surface area contributed by atoms with Gasteiger partial charge in [0.15, 0.2) is 5.82 Å². The second kappa shape index (κ2) is 7.74. The molecule has 2 rings (SSSR count). The average molecular weight is 285 g/mol. The van der Waals surface area contributed by atoms with Crippen LogP contribution in [-0.4, -0.2) is 16.5 Å². The number of nitrogens with one attached hydrogen (secondary N) is 1. The van der Waals surface area contributed by atoms with Gasteiger partial charge in [0.25, 0.3) is 0 Å². The van der Waals surface area contributed by atoms with Crippen LogP contribution in [0.2, 0.25) is 0 Å². The minimum atomic E-state index is 0.399. The van der Waals surface area contributed by atoms with E-state index in [1.807, 2.05) is 0 Å². The lowest BCUT2D eigenvalue weighted by molar-refractivity contribution is 0.291. The molecule has 1 aromatic carbocycles. The maximum atomic E-state index is 5.89. The topological polar surface area (TPSA) is 47.0 Å². The molecule has 0 atom stereocenters. The maximum Gasteiger partial charge on any atom is 0.166 e. The highest BCUT2D eigenvalue weighted by Crippen LogP contribution is 2.25. The summed E-state index contributed by atoms with van der Waals surface area (Å²) in [5.74, 6) is 1.63. The summed E-state index contributed by atoms with van der Waals surface area (Å²) in [6, 6.07) is 6.16. The van der Waals surface area contributed by atoms with Crippen LogP contribution in [-0.2, 0) is 13.2 Å². The summed E-state index contributed by atoms with van der Waals surface area (Å²) in [7, 11) is 0. The lowest BCUT2D eigenvalue weighted by Gasteiger charge is -2.14. The first-order chi connectivity index (χ1) is 10.2. The monoisotopic (exact) mass is 285 g/mol. The number of nitrogens with zero attached hydrogens (tertiary/aromatic N) is 2. The zero-order valence-electron chi connectivity index (χ0n) is 13.0. The Bertz CT molecular complexity index is 546. The van der Waals surface area contributed by atoms with Crippen molar-refractivity contribution in [3.05, 3.63) is 53.1 Å². The third-order valence-electron chi connectivity index (χ3n) is 3.24. The predicted molar refractivity (Wildman–Crippen MR) is 84.3 cm³/mol. The lowest BCUT2D eigenvalue weighted by atomic mass is 10.1. The van der Waals surface area contributed by atoms with Gasteiger partial charge >= 0.3 is 0 Å². The van der Waals surface area contributed by atoms with Gasteiger partial charge in [0.05, 0.1) is 0 Å². The molecule has 0 amide bonds. The maximum absolute atomic E-state index is 5.89. The Hall–Kier alpha value is -1.94. The van der Waals surface area contributed by atoms with Gasteiger partial charge in [0.1, 0.15) is 12.4 Å². The van der Waals surface area contributed by atoms with E-state index in [2.05, 4.69) is 48.2 Å². The molecule has 0 radical (unpaired) electrons. The molecule has 1 aromatic heterocycles. The number of aryl methyl sites for hydroxylation is 2. The Morgan fingerprint density at radius 2 is 1.76 bits per heavy atom. The van der Waals surface area contributed by atoms with Crippen LogP contribution in [0.3, 0.4) is 0 Å². The third-order valence-corrected chi connectivity index (χ3v) is 3.24. The Morgan fingerprint density at radius 1 is 1.10 bits per heavy atom. The highest BCUT2D eigenvalue weighted by atomic mass is 16.5. The van der Waals surface area contributed by atoms with Crippen molar-refractivity contribution >= 4 is 0 Å². The van der Waals surface area contributed by atoms with Gasteiger partial charge in [-0.05, 0) is 49.6 Å². The molecular weight excluding hydrogens is 262 g/mol. The Balaban J connectivity index is 2.03. The molecule has 0 unspecified atom stereocenters. The van der Waals surface area contributed by atoms with E-state index in [0.717, 1.165) is 36.4 Å². The fraction of sp³-hybridized carbons (Fsp3) is 0.412. The number of hydrogen-bond acceptors (Lipinski definition) is 4. The quantitative estimate of drug-likeness (QED) is 0.794. The lowest BCUT2D eigenvalue weighted by Crippen LogP contribution is -2.14. The fourth-order valence-corrected chi connectivity index (χ4v) is 2.32. The summed E-state index contributed by atoms with van der Waals surface area (Å²) in [5.41, 5.74) is 3.60. The Kier molecular flexibility index (Phi) is 5.69. The fourth-order valence-electron chi connectivity index (χ4n) is 2.32. The van der Waals surface area contributed by atoms with Crippen molar-refractivity contribution < 1.29 is 4.74 Å². The van der Waals surface area contributed by atoms with E-state index in [0.29, 0.717) is 12.4 Å². The Labute approximate surface area is 126 Å². The van der Waals surface area contributed by atoms with E-state index in [1.165, 1.54) is 5.56 Å². The molecule has 112 valence electrons. The van der Waals surface area contributed by atoms with Gasteiger partial charge in [-0.1, -0.05) is 19.1 Å². The van der Waals surface area contributed by atoms with E-state index in [-0.39, 0.29) is 0 Å². The van der Waals surface area contributed by atoms with E-state index < -0.39 is 0 Å². The summed E-state index contributed by atoms with van der Waals surface area (Å²) < 4.78 is 5.89. The molecule has 4 heteroatoms. The number of ether oxygens (including phenoxy) is 1. The largest absolute Gasteiger partial charge is 0.485 e. The van der Waals surface area contributed by atoms with Crippen LogP contribution in [0.4, 0.5) is 0 Å². The molecule has 21 heavy (non-hydrogen) atoms. The smallest absolute Gasteiger partial charge is 0.166 e. The number of rotatable bonds is 7. The van der Waals surface area contributed by atoms with Crippen LogP contribution >= 0.6 is 0 Å². The van der Waals surface area contributed by atoms with Gasteiger partial charge in [0.2, 0.25) is 0 Å². The zero-order chi connectivity index (χ0) is 15.1. The molecule has 4 nitrogen and oxygen atoms in total. The van der Waals surface area contributed by atoms with Crippen molar-refractivity contribution in [2.24, 2.45) is 0 Å². The molecule has 0 saturated heterocycles. The zero-order valence-corrected chi connectivity index (χ0v) is 13.0. The van der Waals surface area contributed by atoms with Crippen LogP contribution in [0.1, 0.15) is 35.9 Å². The molecule has 0 aliphatic carbocycles. The molecule has 0 aliphatic rings. The van der Waals surface area contributed by atoms with Crippen LogP contribution in [0.15, 0.2) is 30.6 Å². The average Bonchev–Trinajstić information content (AvgIpc) is 2.48. The highest BCUT2D eigenvalue weighted by molar-refractivity contribution is 5.43. The molecule has 2 aromatic rings. The summed E-state index contributed by atoms with van der Waals surface area (Å²) in [6.07, 6.45) is 4.61. The van der Waals surface area contributed by atoms with Crippen LogP contribution in [0.5, 0.6) is 5.75 Å². The molecule has 0 aliphatic heterocycles.